The Labute approximate surface area is 156 Å². The Balaban J connectivity index is 2.02. The molecule has 6 heteroatoms. The molecule has 2 atom stereocenters. The summed E-state index contributed by atoms with van der Waals surface area (Å²) in [5, 5.41) is 2.93. The van der Waals surface area contributed by atoms with E-state index in [1.54, 1.807) is 37.3 Å². The van der Waals surface area contributed by atoms with Crippen molar-refractivity contribution in [3.63, 3.8) is 0 Å². The van der Waals surface area contributed by atoms with Crippen LogP contribution in [0.2, 0.25) is 0 Å². The number of aryl methyl sites for hydroxylation is 1. The second-order valence-corrected chi connectivity index (χ2v) is 8.36. The summed E-state index contributed by atoms with van der Waals surface area (Å²) in [6.45, 7) is 3.54. The first-order valence-electron chi connectivity index (χ1n) is 8.68. The molecule has 0 spiro atoms. The van der Waals surface area contributed by atoms with Crippen molar-refractivity contribution in [1.82, 2.24) is 5.32 Å². The second-order valence-electron chi connectivity index (χ2n) is 6.50. The molecule has 2 rings (SSSR count). The van der Waals surface area contributed by atoms with Crippen LogP contribution in [0.4, 0.5) is 5.69 Å². The Bertz CT molecular complexity index is 807. The number of hydrogen-bond acceptors (Lipinski definition) is 3. The fraction of sp³-hybridized carbons (Fsp3) is 0.350. The molecule has 26 heavy (non-hydrogen) atoms. The molecular formula is C20H26N2O3S. The van der Waals surface area contributed by atoms with Gasteiger partial charge in [0, 0.05) is 6.04 Å². The third-order valence-electron chi connectivity index (χ3n) is 4.20. The predicted octanol–water partition coefficient (Wildman–Crippen LogP) is 2.98. The van der Waals surface area contributed by atoms with E-state index in [0.29, 0.717) is 5.69 Å². The molecule has 1 N–H and O–H groups in total. The molecular weight excluding hydrogens is 348 g/mol. The molecule has 0 heterocycles. The molecule has 0 saturated carbocycles. The molecule has 0 saturated heterocycles. The minimum Gasteiger partial charge on any atom is -0.352 e. The van der Waals surface area contributed by atoms with Gasteiger partial charge in [0.15, 0.2) is 0 Å². The van der Waals surface area contributed by atoms with Crippen LogP contribution in [0.25, 0.3) is 0 Å². The smallest absolute Gasteiger partial charge is 0.243 e. The van der Waals surface area contributed by atoms with E-state index in [4.69, 9.17) is 0 Å². The van der Waals surface area contributed by atoms with Gasteiger partial charge >= 0.3 is 0 Å². The summed E-state index contributed by atoms with van der Waals surface area (Å²) in [5.41, 5.74) is 1.69. The Morgan fingerprint density at radius 2 is 1.54 bits per heavy atom. The number of amides is 1. The van der Waals surface area contributed by atoms with Crippen molar-refractivity contribution in [3.8, 4) is 0 Å². The number of sulfonamides is 1. The van der Waals surface area contributed by atoms with Gasteiger partial charge < -0.3 is 5.32 Å². The van der Waals surface area contributed by atoms with Crippen LogP contribution in [-0.4, -0.2) is 32.7 Å². The van der Waals surface area contributed by atoms with E-state index in [0.717, 1.165) is 23.4 Å². The Morgan fingerprint density at radius 3 is 2.08 bits per heavy atom. The van der Waals surface area contributed by atoms with Crippen LogP contribution >= 0.6 is 0 Å². The van der Waals surface area contributed by atoms with E-state index in [1.165, 1.54) is 5.56 Å². The third-order valence-corrected chi connectivity index (χ3v) is 5.44. The van der Waals surface area contributed by atoms with Crippen LogP contribution < -0.4 is 9.62 Å². The quantitative estimate of drug-likeness (QED) is 0.772. The number of benzene rings is 2. The minimum absolute atomic E-state index is 0.0534. The van der Waals surface area contributed by atoms with Crippen molar-refractivity contribution in [2.75, 3.05) is 10.6 Å². The highest BCUT2D eigenvalue weighted by Crippen LogP contribution is 2.20. The van der Waals surface area contributed by atoms with Gasteiger partial charge in [0.25, 0.3) is 0 Å². The maximum atomic E-state index is 12.6. The molecule has 0 aliphatic rings. The predicted molar refractivity (Wildman–Crippen MR) is 106 cm³/mol. The summed E-state index contributed by atoms with van der Waals surface area (Å²) >= 11 is 0. The number of carbonyl (C=O) groups is 1. The molecule has 0 fully saturated rings. The molecule has 5 nitrogen and oxygen atoms in total. The van der Waals surface area contributed by atoms with Crippen molar-refractivity contribution >= 4 is 21.6 Å². The zero-order valence-corrected chi connectivity index (χ0v) is 16.2. The molecule has 1 amide bonds. The summed E-state index contributed by atoms with van der Waals surface area (Å²) < 4.78 is 25.6. The van der Waals surface area contributed by atoms with E-state index < -0.39 is 16.1 Å². The topological polar surface area (TPSA) is 66.5 Å². The van der Waals surface area contributed by atoms with Crippen molar-refractivity contribution in [2.45, 2.75) is 38.8 Å². The molecule has 0 radical (unpaired) electrons. The average Bonchev–Trinajstić information content (AvgIpc) is 2.60. The van der Waals surface area contributed by atoms with E-state index in [2.05, 4.69) is 17.4 Å². The van der Waals surface area contributed by atoms with E-state index in [1.807, 2.05) is 25.1 Å². The van der Waals surface area contributed by atoms with E-state index in [-0.39, 0.29) is 11.9 Å². The highest BCUT2D eigenvalue weighted by atomic mass is 32.2. The Kier molecular flexibility index (Phi) is 6.80. The van der Waals surface area contributed by atoms with Gasteiger partial charge in [-0.2, -0.15) is 0 Å². The lowest BCUT2D eigenvalue weighted by molar-refractivity contribution is -0.122. The molecule has 0 aliphatic heterocycles. The number of nitrogens with one attached hydrogen (secondary N) is 1. The molecule has 2 aromatic rings. The number of carbonyl (C=O) groups excluding carboxylic acids is 1. The van der Waals surface area contributed by atoms with Crippen LogP contribution in [0.3, 0.4) is 0 Å². The standard InChI is InChI=1S/C20H26N2O3S/c1-16(14-15-18-10-6-4-7-11-18)21-20(23)17(2)22(26(3,24)25)19-12-8-5-9-13-19/h4-13,16-17H,14-15H2,1-3H3,(H,21,23)/t16-,17+/m1/s1. The Morgan fingerprint density at radius 1 is 1.00 bits per heavy atom. The monoisotopic (exact) mass is 374 g/mol. The molecule has 0 aliphatic carbocycles. The van der Waals surface area contributed by atoms with E-state index >= 15 is 0 Å². The normalized spacial score (nSPS) is 13.7. The lowest BCUT2D eigenvalue weighted by Crippen LogP contribution is -2.49. The summed E-state index contributed by atoms with van der Waals surface area (Å²) in [6.07, 6.45) is 2.75. The van der Waals surface area contributed by atoms with Crippen molar-refractivity contribution in [2.24, 2.45) is 0 Å². The highest BCUT2D eigenvalue weighted by molar-refractivity contribution is 7.92. The zero-order chi connectivity index (χ0) is 19.2. The maximum absolute atomic E-state index is 12.6. The zero-order valence-electron chi connectivity index (χ0n) is 15.4. The summed E-state index contributed by atoms with van der Waals surface area (Å²) in [4.78, 5) is 12.6. The molecule has 0 unspecified atom stereocenters. The minimum atomic E-state index is -3.58. The molecule has 2 aromatic carbocycles. The average molecular weight is 375 g/mol. The van der Waals surface area contributed by atoms with Crippen LogP contribution in [0, 0.1) is 0 Å². The number of hydrogen-bond donors (Lipinski definition) is 1. The first kappa shape index (κ1) is 20.0. The first-order valence-corrected chi connectivity index (χ1v) is 10.5. The summed E-state index contributed by atoms with van der Waals surface area (Å²) in [5.74, 6) is -0.306. The van der Waals surface area contributed by atoms with Crippen LogP contribution in [0.15, 0.2) is 60.7 Å². The first-order chi connectivity index (χ1) is 12.3. The largest absolute Gasteiger partial charge is 0.352 e. The van der Waals surface area contributed by atoms with Gasteiger partial charge in [0.05, 0.1) is 11.9 Å². The fourth-order valence-corrected chi connectivity index (χ4v) is 4.02. The van der Waals surface area contributed by atoms with Gasteiger partial charge in [-0.25, -0.2) is 8.42 Å². The lowest BCUT2D eigenvalue weighted by atomic mass is 10.1. The number of nitrogens with zero attached hydrogens (tertiary/aromatic N) is 1. The number of anilines is 1. The highest BCUT2D eigenvalue weighted by Gasteiger charge is 2.29. The fourth-order valence-electron chi connectivity index (χ4n) is 2.85. The van der Waals surface area contributed by atoms with Crippen molar-refractivity contribution < 1.29 is 13.2 Å². The van der Waals surface area contributed by atoms with Crippen LogP contribution in [-0.2, 0) is 21.2 Å². The van der Waals surface area contributed by atoms with Gasteiger partial charge in [0.1, 0.15) is 6.04 Å². The van der Waals surface area contributed by atoms with Crippen LogP contribution in [0.5, 0.6) is 0 Å². The second kappa shape index (κ2) is 8.85. The van der Waals surface area contributed by atoms with Crippen LogP contribution in [0.1, 0.15) is 25.8 Å². The molecule has 0 aromatic heterocycles. The van der Waals surface area contributed by atoms with Gasteiger partial charge in [-0.05, 0) is 44.4 Å². The summed E-state index contributed by atoms with van der Waals surface area (Å²) in [7, 11) is -3.58. The van der Waals surface area contributed by atoms with Crippen molar-refractivity contribution in [1.29, 1.82) is 0 Å². The van der Waals surface area contributed by atoms with Gasteiger partial charge in [-0.15, -0.1) is 0 Å². The van der Waals surface area contributed by atoms with Gasteiger partial charge in [0.2, 0.25) is 15.9 Å². The third kappa shape index (κ3) is 5.59. The van der Waals surface area contributed by atoms with E-state index in [9.17, 15) is 13.2 Å². The van der Waals surface area contributed by atoms with Crippen molar-refractivity contribution in [3.05, 3.63) is 66.2 Å². The molecule has 0 bridgehead atoms. The Hall–Kier alpha value is -2.34. The van der Waals surface area contributed by atoms with Gasteiger partial charge in [-0.1, -0.05) is 48.5 Å². The maximum Gasteiger partial charge on any atom is 0.243 e. The van der Waals surface area contributed by atoms with Gasteiger partial charge in [-0.3, -0.25) is 9.10 Å². The lowest BCUT2D eigenvalue weighted by Gasteiger charge is -2.29. The number of rotatable bonds is 8. The SMILES string of the molecule is C[C@H](CCc1ccccc1)NC(=O)[C@H](C)N(c1ccccc1)S(C)(=O)=O. The summed E-state index contributed by atoms with van der Waals surface area (Å²) in [6, 6.07) is 17.9. The molecule has 140 valence electrons. The number of para-hydroxylation sites is 1.